The van der Waals surface area contributed by atoms with Crippen LogP contribution in [-0.2, 0) is 10.5 Å². The SMILES string of the molecule is CC1(C)CC(=O)C2=C(C1)Nc1nc(SCc3ccccc3Cl)[nH]c(=O)c1[C@@H]2c1ccc(O)cc1. The molecule has 1 atom stereocenters. The number of nitrogens with zero attached hydrogens (tertiary/aromatic N) is 1. The van der Waals surface area contributed by atoms with Crippen molar-refractivity contribution in [2.24, 2.45) is 5.41 Å². The molecule has 8 heteroatoms. The molecule has 0 saturated heterocycles. The van der Waals surface area contributed by atoms with E-state index < -0.39 is 5.92 Å². The Labute approximate surface area is 206 Å². The first kappa shape index (κ1) is 22.7. The number of phenols is 1. The van der Waals surface area contributed by atoms with Crippen LogP contribution in [0.2, 0.25) is 5.02 Å². The molecular formula is C26H24ClN3O3S. The number of aromatic hydroxyl groups is 1. The number of ketones is 1. The molecule has 0 bridgehead atoms. The predicted molar refractivity (Wildman–Crippen MR) is 134 cm³/mol. The van der Waals surface area contributed by atoms with Gasteiger partial charge in [0.2, 0.25) is 0 Å². The Morgan fingerprint density at radius 3 is 2.59 bits per heavy atom. The average molecular weight is 494 g/mol. The lowest BCUT2D eigenvalue weighted by atomic mass is 9.69. The fourth-order valence-corrected chi connectivity index (χ4v) is 5.87. The van der Waals surface area contributed by atoms with Gasteiger partial charge in [0.1, 0.15) is 11.6 Å². The summed E-state index contributed by atoms with van der Waals surface area (Å²) in [6, 6.07) is 14.2. The van der Waals surface area contributed by atoms with Crippen molar-refractivity contribution in [3.63, 3.8) is 0 Å². The van der Waals surface area contributed by atoms with Crippen LogP contribution in [-0.4, -0.2) is 20.9 Å². The van der Waals surface area contributed by atoms with Gasteiger partial charge in [-0.15, -0.1) is 0 Å². The number of carbonyl (C=O) groups excluding carboxylic acids is 1. The van der Waals surface area contributed by atoms with Crippen LogP contribution in [0.1, 0.15) is 49.3 Å². The number of H-pyrrole nitrogens is 1. The minimum absolute atomic E-state index is 0.0269. The maximum Gasteiger partial charge on any atom is 0.257 e. The van der Waals surface area contributed by atoms with Crippen LogP contribution >= 0.6 is 23.4 Å². The Bertz CT molecular complexity index is 1380. The number of fused-ring (bicyclic) bond motifs is 1. The van der Waals surface area contributed by atoms with Crippen LogP contribution in [0.25, 0.3) is 0 Å². The molecule has 3 N–H and O–H groups in total. The van der Waals surface area contributed by atoms with E-state index in [-0.39, 0.29) is 22.5 Å². The number of rotatable bonds is 4. The highest BCUT2D eigenvalue weighted by Gasteiger charge is 2.42. The van der Waals surface area contributed by atoms with E-state index in [1.54, 1.807) is 24.3 Å². The molecule has 2 aromatic carbocycles. The molecule has 174 valence electrons. The molecule has 0 spiro atoms. The highest BCUT2D eigenvalue weighted by molar-refractivity contribution is 7.98. The monoisotopic (exact) mass is 493 g/mol. The van der Waals surface area contributed by atoms with E-state index in [4.69, 9.17) is 16.6 Å². The number of Topliss-reactive ketones (excluding diaryl/α,β-unsaturated/α-hetero) is 1. The molecule has 6 nitrogen and oxygen atoms in total. The van der Waals surface area contributed by atoms with Crippen molar-refractivity contribution in [2.45, 2.75) is 43.5 Å². The topological polar surface area (TPSA) is 95.1 Å². The van der Waals surface area contributed by atoms with Crippen LogP contribution in [0.3, 0.4) is 0 Å². The smallest absolute Gasteiger partial charge is 0.257 e. The van der Waals surface area contributed by atoms with E-state index in [0.717, 1.165) is 16.8 Å². The first-order chi connectivity index (χ1) is 16.2. The molecular weight excluding hydrogens is 470 g/mol. The normalized spacial score (nSPS) is 18.8. The van der Waals surface area contributed by atoms with Crippen LogP contribution in [0.4, 0.5) is 5.82 Å². The number of nitrogens with one attached hydrogen (secondary N) is 2. The predicted octanol–water partition coefficient (Wildman–Crippen LogP) is 5.62. The number of carbonyl (C=O) groups is 1. The third-order valence-electron chi connectivity index (χ3n) is 6.25. The number of benzene rings is 2. The van der Waals surface area contributed by atoms with Crippen molar-refractivity contribution in [1.29, 1.82) is 0 Å². The van der Waals surface area contributed by atoms with Gasteiger partial charge in [-0.25, -0.2) is 4.98 Å². The van der Waals surface area contributed by atoms with Gasteiger partial charge in [-0.2, -0.15) is 0 Å². The lowest BCUT2D eigenvalue weighted by molar-refractivity contribution is -0.118. The third-order valence-corrected chi connectivity index (χ3v) is 7.54. The highest BCUT2D eigenvalue weighted by atomic mass is 35.5. The summed E-state index contributed by atoms with van der Waals surface area (Å²) in [5.74, 6) is 0.630. The standard InChI is InChI=1S/C26H24ClN3O3S/c1-26(2)11-18-21(19(32)12-26)20(14-7-9-16(31)10-8-14)22-23(28-18)29-25(30-24(22)33)34-13-15-5-3-4-6-17(15)27/h3-10,20,31H,11-13H2,1-2H3,(H2,28,29,30,33)/t20-/m1/s1. The van der Waals surface area contributed by atoms with E-state index in [9.17, 15) is 14.7 Å². The second-order valence-corrected chi connectivity index (χ2v) is 10.9. The van der Waals surface area contributed by atoms with Crippen molar-refractivity contribution < 1.29 is 9.90 Å². The van der Waals surface area contributed by atoms with E-state index >= 15 is 0 Å². The highest BCUT2D eigenvalue weighted by Crippen LogP contribution is 2.47. The van der Waals surface area contributed by atoms with Crippen molar-refractivity contribution in [3.05, 3.63) is 91.9 Å². The Kier molecular flexibility index (Phi) is 5.78. The van der Waals surface area contributed by atoms with Gasteiger partial charge in [-0.3, -0.25) is 9.59 Å². The first-order valence-electron chi connectivity index (χ1n) is 11.0. The van der Waals surface area contributed by atoms with Crippen molar-refractivity contribution in [3.8, 4) is 5.75 Å². The molecule has 2 aliphatic rings. The Balaban J connectivity index is 1.59. The number of allylic oxidation sites excluding steroid dienone is 2. The maximum absolute atomic E-state index is 13.4. The van der Waals surface area contributed by atoms with Crippen molar-refractivity contribution in [2.75, 3.05) is 5.32 Å². The van der Waals surface area contributed by atoms with Gasteiger partial charge in [0, 0.05) is 34.4 Å². The van der Waals surface area contributed by atoms with Gasteiger partial charge in [0.05, 0.1) is 5.56 Å². The number of thioether (sulfide) groups is 1. The molecule has 1 aromatic heterocycles. The van der Waals surface area contributed by atoms with Gasteiger partial charge in [0.25, 0.3) is 5.56 Å². The van der Waals surface area contributed by atoms with Crippen molar-refractivity contribution in [1.82, 2.24) is 9.97 Å². The first-order valence-corrected chi connectivity index (χ1v) is 12.4. The second kappa shape index (κ2) is 8.64. The summed E-state index contributed by atoms with van der Waals surface area (Å²) in [5.41, 5.74) is 3.08. The fourth-order valence-electron chi connectivity index (χ4n) is 4.72. The molecule has 1 aliphatic heterocycles. The molecule has 5 rings (SSSR count). The van der Waals surface area contributed by atoms with Crippen LogP contribution in [0, 0.1) is 5.41 Å². The molecule has 3 aromatic rings. The summed E-state index contributed by atoms with van der Waals surface area (Å²) in [5, 5.41) is 14.3. The molecule has 0 radical (unpaired) electrons. The van der Waals surface area contributed by atoms with Crippen molar-refractivity contribution >= 4 is 35.0 Å². The summed E-state index contributed by atoms with van der Waals surface area (Å²) in [7, 11) is 0. The Morgan fingerprint density at radius 2 is 1.85 bits per heavy atom. The minimum atomic E-state index is -0.547. The average Bonchev–Trinajstić information content (AvgIpc) is 2.77. The van der Waals surface area contributed by atoms with Crippen LogP contribution < -0.4 is 10.9 Å². The summed E-state index contributed by atoms with van der Waals surface area (Å²) >= 11 is 7.67. The fraction of sp³-hybridized carbons (Fsp3) is 0.269. The number of phenolic OH excluding ortho intramolecular Hbond substituents is 1. The number of hydrogen-bond acceptors (Lipinski definition) is 6. The quantitative estimate of drug-likeness (QED) is 0.322. The molecule has 0 fully saturated rings. The lowest BCUT2D eigenvalue weighted by Gasteiger charge is -2.38. The Morgan fingerprint density at radius 1 is 1.12 bits per heavy atom. The van der Waals surface area contributed by atoms with Gasteiger partial charge < -0.3 is 15.4 Å². The van der Waals surface area contributed by atoms with Gasteiger partial charge >= 0.3 is 0 Å². The molecule has 34 heavy (non-hydrogen) atoms. The molecule has 1 aliphatic carbocycles. The minimum Gasteiger partial charge on any atom is -0.508 e. The summed E-state index contributed by atoms with van der Waals surface area (Å²) < 4.78 is 0. The second-order valence-electron chi connectivity index (χ2n) is 9.50. The summed E-state index contributed by atoms with van der Waals surface area (Å²) in [4.78, 5) is 34.3. The zero-order valence-corrected chi connectivity index (χ0v) is 20.4. The third kappa shape index (κ3) is 4.26. The zero-order chi connectivity index (χ0) is 24.0. The van der Waals surface area contributed by atoms with E-state index in [1.807, 2.05) is 24.3 Å². The van der Waals surface area contributed by atoms with Crippen LogP contribution in [0.15, 0.2) is 69.8 Å². The van der Waals surface area contributed by atoms with E-state index in [2.05, 4.69) is 24.1 Å². The van der Waals surface area contributed by atoms with Gasteiger partial charge in [0.15, 0.2) is 10.9 Å². The molecule has 0 unspecified atom stereocenters. The largest absolute Gasteiger partial charge is 0.508 e. The number of hydrogen-bond donors (Lipinski definition) is 3. The maximum atomic E-state index is 13.4. The molecule has 2 heterocycles. The number of aromatic nitrogens is 2. The number of halogens is 1. The van der Waals surface area contributed by atoms with Gasteiger partial charge in [-0.1, -0.05) is 67.5 Å². The molecule has 0 amide bonds. The summed E-state index contributed by atoms with van der Waals surface area (Å²) in [6.45, 7) is 4.13. The van der Waals surface area contributed by atoms with E-state index in [1.165, 1.54) is 11.8 Å². The van der Waals surface area contributed by atoms with Crippen LogP contribution in [0.5, 0.6) is 5.75 Å². The summed E-state index contributed by atoms with van der Waals surface area (Å²) in [6.07, 6.45) is 1.09. The molecule has 0 saturated carbocycles. The van der Waals surface area contributed by atoms with Gasteiger partial charge in [-0.05, 0) is 41.2 Å². The number of anilines is 1. The number of aromatic amines is 1. The van der Waals surface area contributed by atoms with E-state index in [0.29, 0.717) is 45.7 Å². The lowest BCUT2D eigenvalue weighted by Crippen LogP contribution is -2.37. The Hall–Kier alpha value is -3.03. The zero-order valence-electron chi connectivity index (χ0n) is 18.8.